The van der Waals surface area contributed by atoms with Crippen molar-refractivity contribution >= 4 is 31.5 Å². The maximum Gasteiger partial charge on any atom is 0.200 e. The minimum absolute atomic E-state index is 0.0977. The molecule has 0 bridgehead atoms. The van der Waals surface area contributed by atoms with Crippen molar-refractivity contribution in [3.05, 3.63) is 40.9 Å². The Morgan fingerprint density at radius 2 is 1.95 bits per heavy atom. The summed E-state index contributed by atoms with van der Waals surface area (Å²) in [6.45, 7) is 5.67. The number of anilines is 1. The lowest BCUT2D eigenvalue weighted by atomic mass is 10.3. The first-order valence-electron chi connectivity index (χ1n) is 6.89. The lowest BCUT2D eigenvalue weighted by molar-refractivity contribution is 0.491. The Balaban J connectivity index is 1.98. The highest BCUT2D eigenvalue weighted by atomic mass is 79.9. The van der Waals surface area contributed by atoms with Crippen LogP contribution in [-0.4, -0.2) is 24.7 Å². The SMILES string of the molecule is CC(C)(C)S(=O)(=O)c1ccc(NCCc2ccc(Br)o2)cn1. The monoisotopic (exact) mass is 386 g/mol. The minimum atomic E-state index is -3.41. The molecule has 7 heteroatoms. The Morgan fingerprint density at radius 1 is 1.23 bits per heavy atom. The van der Waals surface area contributed by atoms with Gasteiger partial charge in [-0.25, -0.2) is 13.4 Å². The normalized spacial score (nSPS) is 12.4. The number of hydrogen-bond donors (Lipinski definition) is 1. The van der Waals surface area contributed by atoms with E-state index in [1.165, 1.54) is 12.3 Å². The van der Waals surface area contributed by atoms with E-state index in [1.807, 2.05) is 12.1 Å². The fourth-order valence-corrected chi connectivity index (χ4v) is 3.18. The second-order valence-electron chi connectivity index (χ2n) is 5.88. The van der Waals surface area contributed by atoms with Gasteiger partial charge in [0.05, 0.1) is 16.6 Å². The van der Waals surface area contributed by atoms with Crippen molar-refractivity contribution in [3.8, 4) is 0 Å². The minimum Gasteiger partial charge on any atom is -0.454 e. The summed E-state index contributed by atoms with van der Waals surface area (Å²) in [5.41, 5.74) is 0.776. The summed E-state index contributed by atoms with van der Waals surface area (Å²) < 4.78 is 29.8. The molecule has 2 aromatic heterocycles. The fourth-order valence-electron chi connectivity index (χ4n) is 1.77. The van der Waals surface area contributed by atoms with E-state index in [4.69, 9.17) is 4.42 Å². The molecule has 0 spiro atoms. The predicted molar refractivity (Wildman–Crippen MR) is 89.8 cm³/mol. The zero-order valence-electron chi connectivity index (χ0n) is 12.8. The molecular formula is C15H19BrN2O3S. The molecule has 0 aromatic carbocycles. The summed E-state index contributed by atoms with van der Waals surface area (Å²) >= 11 is 3.26. The van der Waals surface area contributed by atoms with Crippen molar-refractivity contribution in [2.45, 2.75) is 37.0 Å². The smallest absolute Gasteiger partial charge is 0.200 e. The molecule has 0 aliphatic rings. The predicted octanol–water partition coefficient (Wildman–Crippen LogP) is 3.66. The molecule has 0 saturated carbocycles. The highest BCUT2D eigenvalue weighted by Crippen LogP contribution is 2.23. The van der Waals surface area contributed by atoms with Gasteiger partial charge in [-0.3, -0.25) is 0 Å². The van der Waals surface area contributed by atoms with E-state index in [2.05, 4.69) is 26.2 Å². The van der Waals surface area contributed by atoms with Crippen molar-refractivity contribution in [2.75, 3.05) is 11.9 Å². The molecule has 0 saturated heterocycles. The molecule has 0 unspecified atom stereocenters. The highest BCUT2D eigenvalue weighted by molar-refractivity contribution is 9.10. The second kappa shape index (κ2) is 6.42. The van der Waals surface area contributed by atoms with Crippen LogP contribution in [0.4, 0.5) is 5.69 Å². The van der Waals surface area contributed by atoms with Gasteiger partial charge in [-0.1, -0.05) is 0 Å². The van der Waals surface area contributed by atoms with E-state index in [9.17, 15) is 8.42 Å². The number of sulfone groups is 1. The Labute approximate surface area is 139 Å². The van der Waals surface area contributed by atoms with Crippen LogP contribution in [0.3, 0.4) is 0 Å². The zero-order valence-corrected chi connectivity index (χ0v) is 15.2. The standard InChI is InChI=1S/C15H19BrN2O3S/c1-15(2,3)22(19,20)14-7-4-11(10-18-14)17-9-8-12-5-6-13(16)21-12/h4-7,10,17H,8-9H2,1-3H3. The number of rotatable bonds is 5. The number of nitrogens with zero attached hydrogens (tertiary/aromatic N) is 1. The van der Waals surface area contributed by atoms with Crippen LogP contribution in [0.2, 0.25) is 0 Å². The van der Waals surface area contributed by atoms with Crippen LogP contribution in [-0.2, 0) is 16.3 Å². The Hall–Kier alpha value is -1.34. The quantitative estimate of drug-likeness (QED) is 0.848. The van der Waals surface area contributed by atoms with Crippen LogP contribution < -0.4 is 5.32 Å². The Kier molecular flexibility index (Phi) is 4.97. The van der Waals surface area contributed by atoms with E-state index >= 15 is 0 Å². The van der Waals surface area contributed by atoms with Gasteiger partial charge in [0.1, 0.15) is 5.76 Å². The Bertz CT molecular complexity index is 731. The molecule has 22 heavy (non-hydrogen) atoms. The molecule has 0 aliphatic carbocycles. The van der Waals surface area contributed by atoms with Crippen LogP contribution in [0.1, 0.15) is 26.5 Å². The molecule has 0 radical (unpaired) electrons. The maximum absolute atomic E-state index is 12.3. The largest absolute Gasteiger partial charge is 0.454 e. The zero-order chi connectivity index (χ0) is 16.4. The molecule has 5 nitrogen and oxygen atoms in total. The summed E-state index contributed by atoms with van der Waals surface area (Å²) in [7, 11) is -3.41. The number of aromatic nitrogens is 1. The van der Waals surface area contributed by atoms with Crippen molar-refractivity contribution in [1.82, 2.24) is 4.98 Å². The van der Waals surface area contributed by atoms with Crippen molar-refractivity contribution in [3.63, 3.8) is 0 Å². The van der Waals surface area contributed by atoms with Gasteiger partial charge in [-0.2, -0.15) is 0 Å². The average molecular weight is 387 g/mol. The van der Waals surface area contributed by atoms with Gasteiger partial charge < -0.3 is 9.73 Å². The summed E-state index contributed by atoms with van der Waals surface area (Å²) in [6.07, 6.45) is 2.27. The lowest BCUT2D eigenvalue weighted by Crippen LogP contribution is -2.28. The van der Waals surface area contributed by atoms with Crippen LogP contribution in [0.5, 0.6) is 0 Å². The van der Waals surface area contributed by atoms with Gasteiger partial charge in [0, 0.05) is 13.0 Å². The first-order chi connectivity index (χ1) is 10.2. The third-order valence-corrected chi connectivity index (χ3v) is 5.98. The second-order valence-corrected chi connectivity index (χ2v) is 9.31. The fraction of sp³-hybridized carbons (Fsp3) is 0.400. The van der Waals surface area contributed by atoms with Gasteiger partial charge in [0.15, 0.2) is 19.5 Å². The lowest BCUT2D eigenvalue weighted by Gasteiger charge is -2.18. The van der Waals surface area contributed by atoms with Crippen molar-refractivity contribution < 1.29 is 12.8 Å². The van der Waals surface area contributed by atoms with Gasteiger partial charge in [0.25, 0.3) is 0 Å². The third-order valence-electron chi connectivity index (χ3n) is 3.15. The van der Waals surface area contributed by atoms with Crippen molar-refractivity contribution in [1.29, 1.82) is 0 Å². The summed E-state index contributed by atoms with van der Waals surface area (Å²) in [4.78, 5) is 4.07. The number of furan rings is 1. The van der Waals surface area contributed by atoms with E-state index in [0.29, 0.717) is 11.2 Å². The van der Waals surface area contributed by atoms with Gasteiger partial charge in [-0.15, -0.1) is 0 Å². The highest BCUT2D eigenvalue weighted by Gasteiger charge is 2.31. The molecule has 120 valence electrons. The van der Waals surface area contributed by atoms with Crippen LogP contribution in [0.25, 0.3) is 0 Å². The molecule has 2 aromatic rings. The number of pyridine rings is 1. The van der Waals surface area contributed by atoms with Gasteiger partial charge in [-0.05, 0) is 61.0 Å². The summed E-state index contributed by atoms with van der Waals surface area (Å²) in [5.74, 6) is 0.874. The number of hydrogen-bond acceptors (Lipinski definition) is 5. The van der Waals surface area contributed by atoms with Crippen LogP contribution in [0, 0.1) is 0 Å². The van der Waals surface area contributed by atoms with E-state index in [0.717, 1.165) is 17.9 Å². The van der Waals surface area contributed by atoms with Gasteiger partial charge in [0.2, 0.25) is 0 Å². The number of nitrogens with one attached hydrogen (secondary N) is 1. The summed E-state index contributed by atoms with van der Waals surface area (Å²) in [5, 5.41) is 3.28. The molecule has 0 aliphatic heterocycles. The molecule has 0 amide bonds. The third kappa shape index (κ3) is 3.89. The van der Waals surface area contributed by atoms with E-state index in [-0.39, 0.29) is 5.03 Å². The van der Waals surface area contributed by atoms with Gasteiger partial charge >= 0.3 is 0 Å². The average Bonchev–Trinajstić information content (AvgIpc) is 2.84. The number of halogens is 1. The topological polar surface area (TPSA) is 72.2 Å². The molecule has 2 heterocycles. The van der Waals surface area contributed by atoms with E-state index < -0.39 is 14.6 Å². The van der Waals surface area contributed by atoms with Crippen LogP contribution in [0.15, 0.2) is 44.6 Å². The first-order valence-corrected chi connectivity index (χ1v) is 9.16. The van der Waals surface area contributed by atoms with Crippen LogP contribution >= 0.6 is 15.9 Å². The Morgan fingerprint density at radius 3 is 2.45 bits per heavy atom. The first kappa shape index (κ1) is 17.0. The molecule has 1 N–H and O–H groups in total. The molecule has 2 rings (SSSR count). The maximum atomic E-state index is 12.3. The summed E-state index contributed by atoms with van der Waals surface area (Å²) in [6, 6.07) is 7.02. The molecule has 0 atom stereocenters. The van der Waals surface area contributed by atoms with Crippen molar-refractivity contribution in [2.24, 2.45) is 0 Å². The van der Waals surface area contributed by atoms with E-state index in [1.54, 1.807) is 26.8 Å². The molecule has 0 fully saturated rings. The molecular weight excluding hydrogens is 368 g/mol.